The molecule has 0 aliphatic heterocycles. The quantitative estimate of drug-likeness (QED) is 0.697. The molecule has 1 amide bonds. The Morgan fingerprint density at radius 2 is 1.92 bits per heavy atom. The molecule has 0 unspecified atom stereocenters. The van der Waals surface area contributed by atoms with Gasteiger partial charge in [-0.25, -0.2) is 8.42 Å². The smallest absolute Gasteiger partial charge is 0.293 e. The Balaban J connectivity index is 1.96. The van der Waals surface area contributed by atoms with Crippen molar-refractivity contribution in [3.63, 3.8) is 0 Å². The highest BCUT2D eigenvalue weighted by Crippen LogP contribution is 2.25. The van der Waals surface area contributed by atoms with Gasteiger partial charge in [-0.1, -0.05) is 23.2 Å². The second-order valence-corrected chi connectivity index (χ2v) is 8.42. The maximum Gasteiger partial charge on any atom is 0.293 e. The largest absolute Gasteiger partial charge is 0.502 e. The number of aromatic nitrogens is 1. The summed E-state index contributed by atoms with van der Waals surface area (Å²) in [5.74, 6) is -1.53. The zero-order valence-corrected chi connectivity index (χ0v) is 16.0. The number of aromatic hydroxyl groups is 1. The lowest BCUT2D eigenvalue weighted by Crippen LogP contribution is -2.28. The van der Waals surface area contributed by atoms with Crippen molar-refractivity contribution in [1.29, 1.82) is 0 Å². The molecular formula is C16H16Cl2N2O5S. The number of nitrogens with one attached hydrogen (secondary N) is 1. The van der Waals surface area contributed by atoms with Crippen LogP contribution < -0.4 is 10.9 Å². The van der Waals surface area contributed by atoms with Gasteiger partial charge >= 0.3 is 0 Å². The van der Waals surface area contributed by atoms with Gasteiger partial charge in [0.1, 0.15) is 0 Å². The van der Waals surface area contributed by atoms with Crippen molar-refractivity contribution in [2.75, 3.05) is 12.3 Å². The number of carbonyl (C=O) groups is 1. The lowest BCUT2D eigenvalue weighted by Gasteiger charge is -2.08. The van der Waals surface area contributed by atoms with Crippen LogP contribution in [0.25, 0.3) is 0 Å². The summed E-state index contributed by atoms with van der Waals surface area (Å²) in [6.07, 6.45) is 1.49. The SMILES string of the molecule is Cn1ccc(C(=O)NCCCS(=O)(=O)c2ccc(Cl)c(Cl)c2)c(O)c1=O. The molecule has 1 heterocycles. The molecule has 2 aromatic rings. The van der Waals surface area contributed by atoms with E-state index in [4.69, 9.17) is 23.2 Å². The van der Waals surface area contributed by atoms with Crippen LogP contribution in [-0.2, 0) is 16.9 Å². The van der Waals surface area contributed by atoms with Crippen LogP contribution in [0, 0.1) is 0 Å². The number of aryl methyl sites for hydroxylation is 1. The molecule has 0 atom stereocenters. The van der Waals surface area contributed by atoms with Gasteiger partial charge in [0.05, 0.1) is 26.3 Å². The van der Waals surface area contributed by atoms with Crippen LogP contribution in [0.5, 0.6) is 5.75 Å². The molecule has 0 saturated heterocycles. The fourth-order valence-electron chi connectivity index (χ4n) is 2.15. The van der Waals surface area contributed by atoms with E-state index in [0.29, 0.717) is 0 Å². The average Bonchev–Trinajstić information content (AvgIpc) is 2.59. The Kier molecular flexibility index (Phi) is 6.33. The van der Waals surface area contributed by atoms with E-state index in [9.17, 15) is 23.1 Å². The molecule has 2 rings (SSSR count). The van der Waals surface area contributed by atoms with Crippen molar-refractivity contribution < 1.29 is 18.3 Å². The van der Waals surface area contributed by atoms with Crippen molar-refractivity contribution in [2.24, 2.45) is 7.05 Å². The van der Waals surface area contributed by atoms with Gasteiger partial charge in [-0.15, -0.1) is 0 Å². The van der Waals surface area contributed by atoms with E-state index in [-0.39, 0.29) is 39.2 Å². The Hall–Kier alpha value is -2.03. The summed E-state index contributed by atoms with van der Waals surface area (Å²) in [5.41, 5.74) is -0.861. The number of pyridine rings is 1. The first-order valence-electron chi connectivity index (χ1n) is 7.48. The number of hydrogen-bond donors (Lipinski definition) is 2. The minimum atomic E-state index is -3.58. The maximum absolute atomic E-state index is 12.2. The molecule has 0 saturated carbocycles. The van der Waals surface area contributed by atoms with Crippen molar-refractivity contribution in [3.05, 3.63) is 56.4 Å². The van der Waals surface area contributed by atoms with Gasteiger partial charge in [0, 0.05) is 19.8 Å². The molecule has 26 heavy (non-hydrogen) atoms. The highest BCUT2D eigenvalue weighted by molar-refractivity contribution is 7.91. The summed E-state index contributed by atoms with van der Waals surface area (Å²) in [6, 6.07) is 5.34. The van der Waals surface area contributed by atoms with E-state index in [1.807, 2.05) is 0 Å². The van der Waals surface area contributed by atoms with Crippen LogP contribution in [0.15, 0.2) is 40.2 Å². The molecule has 1 aromatic heterocycles. The van der Waals surface area contributed by atoms with E-state index in [1.54, 1.807) is 0 Å². The third-order valence-electron chi connectivity index (χ3n) is 3.61. The fourth-order valence-corrected chi connectivity index (χ4v) is 3.84. The number of nitrogens with zero attached hydrogens (tertiary/aromatic N) is 1. The summed E-state index contributed by atoms with van der Waals surface area (Å²) >= 11 is 11.6. The highest BCUT2D eigenvalue weighted by atomic mass is 35.5. The minimum absolute atomic E-state index is 0.0439. The first kappa shape index (κ1) is 20.3. The van der Waals surface area contributed by atoms with Crippen LogP contribution in [0.1, 0.15) is 16.8 Å². The number of amides is 1. The first-order valence-corrected chi connectivity index (χ1v) is 9.89. The van der Waals surface area contributed by atoms with E-state index in [0.717, 1.165) is 4.57 Å². The zero-order valence-electron chi connectivity index (χ0n) is 13.7. The number of benzene rings is 1. The van der Waals surface area contributed by atoms with Gasteiger partial charge in [-0.3, -0.25) is 9.59 Å². The molecule has 0 aliphatic rings. The minimum Gasteiger partial charge on any atom is -0.502 e. The van der Waals surface area contributed by atoms with E-state index >= 15 is 0 Å². The Morgan fingerprint density at radius 1 is 1.23 bits per heavy atom. The number of carbonyl (C=O) groups excluding carboxylic acids is 1. The molecule has 0 aliphatic carbocycles. The molecule has 0 fully saturated rings. The van der Waals surface area contributed by atoms with Crippen LogP contribution >= 0.6 is 23.2 Å². The van der Waals surface area contributed by atoms with Gasteiger partial charge < -0.3 is 15.0 Å². The normalized spacial score (nSPS) is 11.3. The third-order valence-corrected chi connectivity index (χ3v) is 6.15. The lowest BCUT2D eigenvalue weighted by molar-refractivity contribution is 0.0950. The standard InChI is InChI=1S/C16H16Cl2N2O5S/c1-20-7-5-11(14(21)16(20)23)15(22)19-6-2-8-26(24,25)10-3-4-12(17)13(18)9-10/h3-5,7,9,21H,2,6,8H2,1H3,(H,19,22). The molecule has 0 spiro atoms. The van der Waals surface area contributed by atoms with Gasteiger partial charge in [0.2, 0.25) is 0 Å². The first-order chi connectivity index (χ1) is 12.1. The summed E-state index contributed by atoms with van der Waals surface area (Å²) in [4.78, 5) is 23.6. The van der Waals surface area contributed by atoms with E-state index in [1.165, 1.54) is 37.5 Å². The third kappa shape index (κ3) is 4.57. The van der Waals surface area contributed by atoms with Gasteiger partial charge in [-0.05, 0) is 30.7 Å². The van der Waals surface area contributed by atoms with Crippen molar-refractivity contribution in [2.45, 2.75) is 11.3 Å². The fraction of sp³-hybridized carbons (Fsp3) is 0.250. The number of rotatable bonds is 6. The Morgan fingerprint density at radius 3 is 2.58 bits per heavy atom. The lowest BCUT2D eigenvalue weighted by atomic mass is 10.2. The van der Waals surface area contributed by atoms with Crippen LogP contribution in [0.3, 0.4) is 0 Å². The monoisotopic (exact) mass is 418 g/mol. The summed E-state index contributed by atoms with van der Waals surface area (Å²) in [7, 11) is -2.14. The van der Waals surface area contributed by atoms with Gasteiger partial charge in [0.15, 0.2) is 15.6 Å². The van der Waals surface area contributed by atoms with Gasteiger partial charge in [0.25, 0.3) is 11.5 Å². The Labute approximate surface area is 160 Å². The molecule has 2 N–H and O–H groups in total. The zero-order chi connectivity index (χ0) is 19.5. The molecule has 1 aromatic carbocycles. The second-order valence-electron chi connectivity index (χ2n) is 5.50. The molecular weight excluding hydrogens is 403 g/mol. The maximum atomic E-state index is 12.2. The van der Waals surface area contributed by atoms with Crippen molar-refractivity contribution >= 4 is 38.9 Å². The predicted molar refractivity (Wildman–Crippen MR) is 98.8 cm³/mol. The average molecular weight is 419 g/mol. The van der Waals surface area contributed by atoms with Gasteiger partial charge in [-0.2, -0.15) is 0 Å². The van der Waals surface area contributed by atoms with E-state index in [2.05, 4.69) is 5.32 Å². The van der Waals surface area contributed by atoms with Crippen LogP contribution in [0.2, 0.25) is 10.0 Å². The van der Waals surface area contributed by atoms with Crippen molar-refractivity contribution in [3.8, 4) is 5.75 Å². The molecule has 10 heteroatoms. The number of sulfone groups is 1. The molecule has 0 bridgehead atoms. The second kappa shape index (κ2) is 8.11. The van der Waals surface area contributed by atoms with E-state index < -0.39 is 27.1 Å². The van der Waals surface area contributed by atoms with Crippen LogP contribution in [-0.4, -0.2) is 36.3 Å². The van der Waals surface area contributed by atoms with Crippen LogP contribution in [0.4, 0.5) is 0 Å². The molecule has 140 valence electrons. The highest BCUT2D eigenvalue weighted by Gasteiger charge is 2.17. The molecule has 0 radical (unpaired) electrons. The summed E-state index contributed by atoms with van der Waals surface area (Å²) < 4.78 is 25.6. The predicted octanol–water partition coefficient (Wildman–Crippen LogP) is 1.99. The Bertz CT molecular complexity index is 1000. The summed E-state index contributed by atoms with van der Waals surface area (Å²) in [6.45, 7) is 0.0496. The number of halogens is 2. The number of hydrogen-bond acceptors (Lipinski definition) is 5. The molecule has 7 nitrogen and oxygen atoms in total. The summed E-state index contributed by atoms with van der Waals surface area (Å²) in [5, 5.41) is 12.6. The van der Waals surface area contributed by atoms with Crippen molar-refractivity contribution in [1.82, 2.24) is 9.88 Å². The topological polar surface area (TPSA) is 105 Å².